The van der Waals surface area contributed by atoms with Crippen LogP contribution in [0.5, 0.6) is 0 Å². The molecule has 0 aromatic rings. The summed E-state index contributed by atoms with van der Waals surface area (Å²) in [4.78, 5) is 10.8. The summed E-state index contributed by atoms with van der Waals surface area (Å²) in [6.07, 6.45) is 8.97. The third-order valence-corrected chi connectivity index (χ3v) is 3.52. The summed E-state index contributed by atoms with van der Waals surface area (Å²) in [5.41, 5.74) is 0. The molecule has 0 aromatic heterocycles. The van der Waals surface area contributed by atoms with Gasteiger partial charge in [-0.15, -0.1) is 0 Å². The quantitative estimate of drug-likeness (QED) is 0.708. The van der Waals surface area contributed by atoms with Crippen molar-refractivity contribution in [1.82, 2.24) is 5.32 Å². The van der Waals surface area contributed by atoms with E-state index >= 15 is 0 Å². The lowest BCUT2D eigenvalue weighted by atomic mass is 9.77. The molecule has 88 valence electrons. The Balaban J connectivity index is 1.96. The number of hydrogen-bond donors (Lipinski definition) is 2. The number of aliphatic carboxylic acids is 1. The van der Waals surface area contributed by atoms with Crippen LogP contribution in [0, 0.1) is 11.8 Å². The third-order valence-electron chi connectivity index (χ3n) is 3.52. The summed E-state index contributed by atoms with van der Waals surface area (Å²) in [7, 11) is 0. The lowest BCUT2D eigenvalue weighted by Gasteiger charge is -2.36. The van der Waals surface area contributed by atoms with Crippen LogP contribution in [0.3, 0.4) is 0 Å². The number of nitrogens with one attached hydrogen (secondary N) is 1. The van der Waals surface area contributed by atoms with Crippen LogP contribution in [-0.2, 0) is 4.79 Å². The van der Waals surface area contributed by atoms with Gasteiger partial charge in [-0.3, -0.25) is 4.79 Å². The lowest BCUT2D eigenvalue weighted by Crippen LogP contribution is -2.45. The number of alkyl halides is 1. The average molecular weight is 225 g/mol. The molecule has 1 atom stereocenters. The Morgan fingerprint density at radius 1 is 1.31 bits per heavy atom. The molecule has 0 amide bonds. The predicted octanol–water partition coefficient (Wildman–Crippen LogP) is 2.22. The summed E-state index contributed by atoms with van der Waals surface area (Å²) in [5.74, 6) is -2.65. The Bertz CT molecular complexity index is 332. The van der Waals surface area contributed by atoms with E-state index in [9.17, 15) is 9.18 Å². The number of carboxylic acids is 1. The first-order chi connectivity index (χ1) is 7.62. The minimum Gasteiger partial charge on any atom is -0.481 e. The van der Waals surface area contributed by atoms with E-state index in [0.717, 1.165) is 0 Å². The van der Waals surface area contributed by atoms with E-state index in [1.807, 2.05) is 0 Å². The van der Waals surface area contributed by atoms with Crippen LogP contribution in [0.15, 0.2) is 24.4 Å². The minimum atomic E-state index is -1.49. The number of dihydropyridines is 1. The van der Waals surface area contributed by atoms with Gasteiger partial charge in [-0.25, -0.2) is 4.39 Å². The summed E-state index contributed by atoms with van der Waals surface area (Å²) < 4.78 is 14.4. The summed E-state index contributed by atoms with van der Waals surface area (Å²) in [6.45, 7) is 0. The van der Waals surface area contributed by atoms with Gasteiger partial charge in [0.2, 0.25) is 5.79 Å². The fraction of sp³-hybridized carbons (Fsp3) is 0.583. The van der Waals surface area contributed by atoms with Crippen molar-refractivity contribution in [3.63, 3.8) is 0 Å². The number of carbonyl (C=O) groups is 1. The minimum absolute atomic E-state index is 0.121. The molecule has 0 aromatic carbocycles. The molecule has 2 N–H and O–H groups in total. The number of carboxylic acid groups (broad SMARTS) is 1. The van der Waals surface area contributed by atoms with E-state index in [4.69, 9.17) is 5.11 Å². The lowest BCUT2D eigenvalue weighted by molar-refractivity contribution is -0.143. The van der Waals surface area contributed by atoms with Gasteiger partial charge in [0, 0.05) is 5.92 Å². The smallest absolute Gasteiger partial charge is 0.306 e. The van der Waals surface area contributed by atoms with Crippen LogP contribution >= 0.6 is 0 Å². The van der Waals surface area contributed by atoms with Crippen molar-refractivity contribution in [1.29, 1.82) is 0 Å². The highest BCUT2D eigenvalue weighted by Gasteiger charge is 2.40. The van der Waals surface area contributed by atoms with Gasteiger partial charge in [0.1, 0.15) is 0 Å². The molecule has 1 fully saturated rings. The van der Waals surface area contributed by atoms with E-state index in [1.54, 1.807) is 18.4 Å². The molecule has 1 heterocycles. The van der Waals surface area contributed by atoms with E-state index in [1.165, 1.54) is 6.08 Å². The molecular formula is C12H16FNO2. The van der Waals surface area contributed by atoms with Gasteiger partial charge in [-0.1, -0.05) is 6.08 Å². The fourth-order valence-corrected chi connectivity index (χ4v) is 2.49. The Morgan fingerprint density at radius 2 is 2.00 bits per heavy atom. The Kier molecular flexibility index (Phi) is 2.99. The number of hydrogen-bond acceptors (Lipinski definition) is 2. The first kappa shape index (κ1) is 11.2. The van der Waals surface area contributed by atoms with Crippen LogP contribution in [-0.4, -0.2) is 16.9 Å². The van der Waals surface area contributed by atoms with Crippen LogP contribution in [0.1, 0.15) is 25.7 Å². The zero-order valence-electron chi connectivity index (χ0n) is 9.03. The first-order valence-corrected chi connectivity index (χ1v) is 5.65. The zero-order chi connectivity index (χ0) is 11.6. The Hall–Kier alpha value is -1.32. The molecule has 1 aliphatic carbocycles. The molecule has 0 radical (unpaired) electrons. The van der Waals surface area contributed by atoms with E-state index < -0.39 is 11.8 Å². The summed E-state index contributed by atoms with van der Waals surface area (Å²) >= 11 is 0. The fourth-order valence-electron chi connectivity index (χ4n) is 2.49. The normalized spacial score (nSPS) is 38.1. The van der Waals surface area contributed by atoms with E-state index in [0.29, 0.717) is 25.7 Å². The topological polar surface area (TPSA) is 49.3 Å². The van der Waals surface area contributed by atoms with Gasteiger partial charge in [0.15, 0.2) is 0 Å². The molecule has 0 bridgehead atoms. The van der Waals surface area contributed by atoms with Gasteiger partial charge in [-0.2, -0.15) is 0 Å². The van der Waals surface area contributed by atoms with Crippen LogP contribution in [0.2, 0.25) is 0 Å². The molecule has 4 heteroatoms. The maximum absolute atomic E-state index is 14.4. The zero-order valence-corrected chi connectivity index (χ0v) is 9.03. The SMILES string of the molecule is O=C(O)C1CCC(C2(F)C=CC=CN2)CC1. The monoisotopic (exact) mass is 225 g/mol. The Labute approximate surface area is 94.0 Å². The maximum Gasteiger partial charge on any atom is 0.306 e. The molecule has 2 aliphatic rings. The molecular weight excluding hydrogens is 209 g/mol. The average Bonchev–Trinajstić information content (AvgIpc) is 2.30. The summed E-state index contributed by atoms with van der Waals surface area (Å²) in [6, 6.07) is 0. The van der Waals surface area contributed by atoms with Crippen LogP contribution in [0.25, 0.3) is 0 Å². The van der Waals surface area contributed by atoms with Gasteiger partial charge in [-0.05, 0) is 44.0 Å². The standard InChI is InChI=1S/C12H16FNO2/c13-12(7-1-2-8-14-12)10-5-3-9(4-6-10)11(15)16/h1-2,7-10,14H,3-6H2,(H,15,16). The van der Waals surface area contributed by atoms with E-state index in [-0.39, 0.29) is 11.8 Å². The highest BCUT2D eigenvalue weighted by Crippen LogP contribution is 2.37. The van der Waals surface area contributed by atoms with Gasteiger partial charge >= 0.3 is 5.97 Å². The number of allylic oxidation sites excluding steroid dienone is 2. The predicted molar refractivity (Wildman–Crippen MR) is 58.3 cm³/mol. The van der Waals surface area contributed by atoms with Crippen molar-refractivity contribution in [2.45, 2.75) is 31.5 Å². The molecule has 1 unspecified atom stereocenters. The van der Waals surface area contributed by atoms with Crippen molar-refractivity contribution >= 4 is 5.97 Å². The summed E-state index contributed by atoms with van der Waals surface area (Å²) in [5, 5.41) is 11.6. The van der Waals surface area contributed by atoms with Gasteiger partial charge in [0.25, 0.3) is 0 Å². The van der Waals surface area contributed by atoms with Crippen molar-refractivity contribution in [2.24, 2.45) is 11.8 Å². The second-order valence-electron chi connectivity index (χ2n) is 4.52. The molecule has 0 spiro atoms. The second kappa shape index (κ2) is 4.28. The third kappa shape index (κ3) is 2.10. The van der Waals surface area contributed by atoms with Crippen molar-refractivity contribution in [3.05, 3.63) is 24.4 Å². The van der Waals surface area contributed by atoms with Crippen LogP contribution in [0.4, 0.5) is 4.39 Å². The van der Waals surface area contributed by atoms with Crippen molar-refractivity contribution < 1.29 is 14.3 Å². The molecule has 2 rings (SSSR count). The Morgan fingerprint density at radius 3 is 2.50 bits per heavy atom. The maximum atomic E-state index is 14.4. The number of halogens is 1. The highest BCUT2D eigenvalue weighted by molar-refractivity contribution is 5.70. The van der Waals surface area contributed by atoms with Gasteiger partial charge in [0.05, 0.1) is 5.92 Å². The van der Waals surface area contributed by atoms with E-state index in [2.05, 4.69) is 5.32 Å². The van der Waals surface area contributed by atoms with Gasteiger partial charge < -0.3 is 10.4 Å². The van der Waals surface area contributed by atoms with Crippen LogP contribution < -0.4 is 5.32 Å². The molecule has 1 aliphatic heterocycles. The highest BCUT2D eigenvalue weighted by atomic mass is 19.1. The van der Waals surface area contributed by atoms with Crippen molar-refractivity contribution in [3.8, 4) is 0 Å². The molecule has 16 heavy (non-hydrogen) atoms. The second-order valence-corrected chi connectivity index (χ2v) is 4.52. The molecule has 3 nitrogen and oxygen atoms in total. The van der Waals surface area contributed by atoms with Crippen molar-refractivity contribution in [2.75, 3.05) is 0 Å². The molecule has 1 saturated carbocycles. The molecule has 0 saturated heterocycles. The largest absolute Gasteiger partial charge is 0.481 e. The number of rotatable bonds is 2. The first-order valence-electron chi connectivity index (χ1n) is 5.65.